The number of phenolic OH excluding ortho intramolecular Hbond substituents is 1. The molecule has 10 heteroatoms. The summed E-state index contributed by atoms with van der Waals surface area (Å²) in [6, 6.07) is 3.56. The van der Waals surface area contributed by atoms with E-state index in [4.69, 9.17) is 10.9 Å². The van der Waals surface area contributed by atoms with E-state index in [1.807, 2.05) is 6.92 Å². The standard InChI is InChI=1S/C17H23N5O5/c1-3-4-7-21-16(24)12(9-18)10(2)15(17(21)25)20-19-13-8-11(22(26)27)5-6-14(13)23/h5-6,8,22-24,26H,3-4,7,9,18H2,1-2H3. The number of quaternary nitrogens is 1. The van der Waals surface area contributed by atoms with Crippen LogP contribution in [0.1, 0.15) is 30.9 Å². The molecule has 0 radical (unpaired) electrons. The van der Waals surface area contributed by atoms with E-state index in [1.54, 1.807) is 6.92 Å². The van der Waals surface area contributed by atoms with Crippen LogP contribution in [0.25, 0.3) is 0 Å². The molecule has 0 saturated heterocycles. The van der Waals surface area contributed by atoms with Crippen LogP contribution in [0.3, 0.4) is 0 Å². The lowest BCUT2D eigenvalue weighted by atomic mass is 10.1. The van der Waals surface area contributed by atoms with Gasteiger partial charge in [-0.25, -0.2) is 5.21 Å². The molecule has 0 bridgehead atoms. The number of hydrogen-bond acceptors (Lipinski definition) is 8. The summed E-state index contributed by atoms with van der Waals surface area (Å²) in [4.78, 5) is 12.7. The Balaban J connectivity index is 2.57. The molecule has 27 heavy (non-hydrogen) atoms. The van der Waals surface area contributed by atoms with E-state index in [1.165, 1.54) is 16.7 Å². The molecule has 0 aliphatic carbocycles. The molecule has 0 amide bonds. The summed E-state index contributed by atoms with van der Waals surface area (Å²) in [6.45, 7) is 3.86. The molecule has 0 saturated carbocycles. The molecule has 1 heterocycles. The molecule has 2 aromatic rings. The van der Waals surface area contributed by atoms with Gasteiger partial charge in [0.05, 0.1) is 0 Å². The van der Waals surface area contributed by atoms with Crippen molar-refractivity contribution in [3.8, 4) is 11.6 Å². The molecule has 0 aliphatic rings. The van der Waals surface area contributed by atoms with Crippen LogP contribution in [-0.2, 0) is 13.1 Å². The molecule has 0 aliphatic heterocycles. The minimum Gasteiger partial charge on any atom is -0.595 e. The third-order valence-corrected chi connectivity index (χ3v) is 4.20. The van der Waals surface area contributed by atoms with Gasteiger partial charge in [0, 0.05) is 30.8 Å². The number of hydrogen-bond donors (Lipinski definition) is 5. The number of pyridine rings is 1. The smallest absolute Gasteiger partial charge is 0.281 e. The van der Waals surface area contributed by atoms with Gasteiger partial charge in [-0.15, -0.1) is 10.2 Å². The first-order chi connectivity index (χ1) is 12.8. The Labute approximate surface area is 155 Å². The lowest BCUT2D eigenvalue weighted by Crippen LogP contribution is -2.99. The molecule has 0 fully saturated rings. The van der Waals surface area contributed by atoms with Crippen LogP contribution < -0.4 is 16.5 Å². The van der Waals surface area contributed by atoms with Gasteiger partial charge in [-0.05, 0) is 25.0 Å². The van der Waals surface area contributed by atoms with Crippen molar-refractivity contribution < 1.29 is 20.6 Å². The summed E-state index contributed by atoms with van der Waals surface area (Å²) in [5, 5.41) is 46.9. The second-order valence-corrected chi connectivity index (χ2v) is 6.00. The Kier molecular flexibility index (Phi) is 6.64. The Morgan fingerprint density at radius 2 is 2.00 bits per heavy atom. The van der Waals surface area contributed by atoms with Crippen molar-refractivity contribution in [2.45, 2.75) is 39.8 Å². The molecule has 10 nitrogen and oxygen atoms in total. The minimum absolute atomic E-state index is 0.00629. The van der Waals surface area contributed by atoms with Crippen molar-refractivity contribution >= 4 is 17.1 Å². The van der Waals surface area contributed by atoms with Crippen LogP contribution >= 0.6 is 0 Å². The van der Waals surface area contributed by atoms with Crippen LogP contribution in [0, 0.1) is 12.1 Å². The lowest BCUT2D eigenvalue weighted by molar-refractivity contribution is -0.991. The van der Waals surface area contributed by atoms with E-state index in [-0.39, 0.29) is 35.2 Å². The fraction of sp³-hybridized carbons (Fsp3) is 0.353. The van der Waals surface area contributed by atoms with Gasteiger partial charge in [0.25, 0.3) is 5.56 Å². The fourth-order valence-corrected chi connectivity index (χ4v) is 2.58. The van der Waals surface area contributed by atoms with Crippen LogP contribution in [0.15, 0.2) is 33.2 Å². The first-order valence-corrected chi connectivity index (χ1v) is 8.45. The number of benzene rings is 1. The zero-order valence-electron chi connectivity index (χ0n) is 15.1. The molecule has 1 atom stereocenters. The maximum absolute atomic E-state index is 12.7. The van der Waals surface area contributed by atoms with E-state index in [0.29, 0.717) is 24.1 Å². The Morgan fingerprint density at radius 3 is 2.59 bits per heavy atom. The van der Waals surface area contributed by atoms with Crippen LogP contribution in [-0.4, -0.2) is 20.0 Å². The molecular formula is C17H23N5O5. The molecule has 6 N–H and O–H groups in total. The summed E-state index contributed by atoms with van der Waals surface area (Å²) in [7, 11) is 0. The number of nitrogens with two attached hydrogens (primary N) is 1. The number of phenols is 1. The summed E-state index contributed by atoms with van der Waals surface area (Å²) >= 11 is 0. The first kappa shape index (κ1) is 20.5. The highest BCUT2D eigenvalue weighted by atomic mass is 16.8. The Morgan fingerprint density at radius 1 is 1.30 bits per heavy atom. The number of nitrogens with one attached hydrogen (secondary N) is 1. The summed E-state index contributed by atoms with van der Waals surface area (Å²) in [5.41, 5.74) is 5.74. The van der Waals surface area contributed by atoms with Gasteiger partial charge >= 0.3 is 0 Å². The molecule has 1 unspecified atom stereocenters. The highest BCUT2D eigenvalue weighted by molar-refractivity contribution is 5.57. The van der Waals surface area contributed by atoms with Crippen molar-refractivity contribution in [1.29, 1.82) is 0 Å². The highest BCUT2D eigenvalue weighted by Gasteiger charge is 2.18. The van der Waals surface area contributed by atoms with E-state index in [9.17, 15) is 20.2 Å². The summed E-state index contributed by atoms with van der Waals surface area (Å²) in [5.74, 6) is -0.464. The second kappa shape index (κ2) is 8.73. The van der Waals surface area contributed by atoms with Gasteiger partial charge in [0.15, 0.2) is 17.3 Å². The first-order valence-electron chi connectivity index (χ1n) is 8.45. The second-order valence-electron chi connectivity index (χ2n) is 6.00. The van der Waals surface area contributed by atoms with Crippen molar-refractivity contribution in [3.63, 3.8) is 0 Å². The quantitative estimate of drug-likeness (QED) is 0.280. The fourth-order valence-electron chi connectivity index (χ4n) is 2.58. The number of azo groups is 1. The predicted octanol–water partition coefficient (Wildman–Crippen LogP) is 1.65. The molecule has 1 aromatic heterocycles. The zero-order valence-corrected chi connectivity index (χ0v) is 15.1. The van der Waals surface area contributed by atoms with E-state index in [0.717, 1.165) is 12.5 Å². The Hall–Kier alpha value is -2.79. The topological polar surface area (TPSA) is 161 Å². The summed E-state index contributed by atoms with van der Waals surface area (Å²) < 4.78 is 1.20. The third kappa shape index (κ3) is 4.31. The largest absolute Gasteiger partial charge is 0.595 e. The van der Waals surface area contributed by atoms with E-state index < -0.39 is 10.8 Å². The van der Waals surface area contributed by atoms with Crippen molar-refractivity contribution in [2.75, 3.05) is 0 Å². The molecular weight excluding hydrogens is 354 g/mol. The highest BCUT2D eigenvalue weighted by Crippen LogP contribution is 2.31. The van der Waals surface area contributed by atoms with Crippen LogP contribution in [0.4, 0.5) is 17.1 Å². The normalized spacial score (nSPS) is 12.6. The van der Waals surface area contributed by atoms with Crippen LogP contribution in [0.2, 0.25) is 0 Å². The van der Waals surface area contributed by atoms with Gasteiger partial charge in [-0.1, -0.05) is 13.3 Å². The van der Waals surface area contributed by atoms with Crippen LogP contribution in [0.5, 0.6) is 11.6 Å². The average Bonchev–Trinajstić information content (AvgIpc) is 2.63. The monoisotopic (exact) mass is 377 g/mol. The molecule has 1 aromatic carbocycles. The third-order valence-electron chi connectivity index (χ3n) is 4.20. The van der Waals surface area contributed by atoms with Crippen molar-refractivity contribution in [3.05, 3.63) is 44.9 Å². The van der Waals surface area contributed by atoms with Gasteiger partial charge in [-0.3, -0.25) is 9.36 Å². The maximum Gasteiger partial charge on any atom is 0.281 e. The molecule has 2 rings (SSSR count). The molecule has 146 valence electrons. The number of nitrogens with zero attached hydrogens (tertiary/aromatic N) is 3. The number of aromatic hydroxyl groups is 2. The molecule has 0 spiro atoms. The number of aromatic nitrogens is 1. The number of rotatable bonds is 7. The minimum atomic E-state index is -1.18. The van der Waals surface area contributed by atoms with Crippen molar-refractivity contribution in [1.82, 2.24) is 4.57 Å². The lowest BCUT2D eigenvalue weighted by Gasteiger charge is -2.15. The van der Waals surface area contributed by atoms with E-state index >= 15 is 0 Å². The Bertz CT molecular complexity index is 908. The van der Waals surface area contributed by atoms with Gasteiger partial charge in [0.1, 0.15) is 11.4 Å². The predicted molar refractivity (Wildman–Crippen MR) is 98.0 cm³/mol. The van der Waals surface area contributed by atoms with Gasteiger partial charge in [-0.2, -0.15) is 5.23 Å². The maximum atomic E-state index is 12.7. The summed E-state index contributed by atoms with van der Waals surface area (Å²) in [6.07, 6.45) is 1.50. The van der Waals surface area contributed by atoms with E-state index in [2.05, 4.69) is 10.2 Å². The number of unbranched alkanes of at least 4 members (excludes halogenated alkanes) is 1. The van der Waals surface area contributed by atoms with Gasteiger partial charge in [0.2, 0.25) is 0 Å². The zero-order chi connectivity index (χ0) is 20.1. The van der Waals surface area contributed by atoms with Crippen molar-refractivity contribution in [2.24, 2.45) is 16.0 Å². The average molecular weight is 377 g/mol. The van der Waals surface area contributed by atoms with Gasteiger partial charge < -0.3 is 21.2 Å². The SMILES string of the molecule is CCCCn1c(O)c(CN)c(C)c(N=Nc2cc([NH+]([O-])O)ccc2O)c1=O.